The van der Waals surface area contributed by atoms with Gasteiger partial charge in [0.15, 0.2) is 6.10 Å². The Morgan fingerprint density at radius 2 is 1.79 bits per heavy atom. The lowest BCUT2D eigenvalue weighted by Gasteiger charge is -2.38. The Balaban J connectivity index is 2.78. The van der Waals surface area contributed by atoms with Crippen molar-refractivity contribution in [3.05, 3.63) is 0 Å². The minimum atomic E-state index is -1.58. The predicted molar refractivity (Wildman–Crippen MR) is 43.0 cm³/mol. The molecular formula is C7H13NO6. The van der Waals surface area contributed by atoms with Crippen LogP contribution in [0.2, 0.25) is 0 Å². The van der Waals surface area contributed by atoms with Crippen LogP contribution in [0.5, 0.6) is 0 Å². The number of hydrogen-bond donors (Lipinski definition) is 5. The Hall–Kier alpha value is -0.730. The second kappa shape index (κ2) is 4.20. The third-order valence-corrected chi connectivity index (χ3v) is 2.17. The maximum Gasteiger partial charge on any atom is 0.249 e. The molecule has 1 aliphatic heterocycles. The quantitative estimate of drug-likeness (QED) is 0.316. The van der Waals surface area contributed by atoms with E-state index in [0.29, 0.717) is 0 Å². The van der Waals surface area contributed by atoms with Gasteiger partial charge >= 0.3 is 0 Å². The van der Waals surface area contributed by atoms with Crippen molar-refractivity contribution < 1.29 is 30.0 Å². The van der Waals surface area contributed by atoms with E-state index < -0.39 is 43.0 Å². The van der Waals surface area contributed by atoms with Gasteiger partial charge in [0.2, 0.25) is 5.91 Å². The summed E-state index contributed by atoms with van der Waals surface area (Å²) in [6.07, 6.45) is -7.11. The van der Waals surface area contributed by atoms with Gasteiger partial charge in [-0.25, -0.2) is 0 Å². The Morgan fingerprint density at radius 1 is 1.21 bits per heavy atom. The molecule has 14 heavy (non-hydrogen) atoms. The summed E-state index contributed by atoms with van der Waals surface area (Å²) in [5.41, 5.74) is 4.88. The van der Waals surface area contributed by atoms with Gasteiger partial charge in [0.1, 0.15) is 24.4 Å². The summed E-state index contributed by atoms with van der Waals surface area (Å²) in [5.74, 6) is -0.957. The Bertz CT molecular complexity index is 220. The molecule has 7 nitrogen and oxygen atoms in total. The summed E-state index contributed by atoms with van der Waals surface area (Å²) in [6.45, 7) is -0.575. The molecule has 0 spiro atoms. The van der Waals surface area contributed by atoms with Gasteiger partial charge in [0, 0.05) is 0 Å². The highest BCUT2D eigenvalue weighted by atomic mass is 16.5. The molecule has 0 aromatic heterocycles. The molecular weight excluding hydrogens is 194 g/mol. The van der Waals surface area contributed by atoms with Gasteiger partial charge in [-0.15, -0.1) is 0 Å². The van der Waals surface area contributed by atoms with Crippen LogP contribution >= 0.6 is 0 Å². The van der Waals surface area contributed by atoms with Gasteiger partial charge in [-0.2, -0.15) is 0 Å². The highest BCUT2D eigenvalue weighted by Gasteiger charge is 2.45. The molecule has 1 fully saturated rings. The normalized spacial score (nSPS) is 43.6. The fourth-order valence-corrected chi connectivity index (χ4v) is 1.34. The number of hydrogen-bond acceptors (Lipinski definition) is 6. The number of carbonyl (C=O) groups excluding carboxylic acids is 1. The number of aliphatic hydroxyl groups is 4. The summed E-state index contributed by atoms with van der Waals surface area (Å²) < 4.78 is 4.81. The topological polar surface area (TPSA) is 133 Å². The van der Waals surface area contributed by atoms with Crippen molar-refractivity contribution in [1.29, 1.82) is 0 Å². The number of carbonyl (C=O) groups is 1. The molecule has 1 amide bonds. The molecule has 0 bridgehead atoms. The van der Waals surface area contributed by atoms with E-state index in [1.807, 2.05) is 0 Å². The van der Waals surface area contributed by atoms with Crippen molar-refractivity contribution in [2.75, 3.05) is 6.61 Å². The largest absolute Gasteiger partial charge is 0.394 e. The van der Waals surface area contributed by atoms with Crippen LogP contribution in [-0.2, 0) is 9.53 Å². The molecule has 5 atom stereocenters. The lowest BCUT2D eigenvalue weighted by Crippen LogP contribution is -2.61. The number of rotatable bonds is 2. The maximum atomic E-state index is 10.7. The molecule has 0 aromatic rings. The highest BCUT2D eigenvalue weighted by Crippen LogP contribution is 2.20. The molecule has 0 saturated carbocycles. The Kier molecular flexibility index (Phi) is 3.40. The first kappa shape index (κ1) is 11.3. The van der Waals surface area contributed by atoms with Gasteiger partial charge in [-0.3, -0.25) is 4.79 Å². The van der Waals surface area contributed by atoms with Crippen LogP contribution < -0.4 is 5.73 Å². The van der Waals surface area contributed by atoms with Crippen molar-refractivity contribution in [1.82, 2.24) is 0 Å². The van der Waals surface area contributed by atoms with Crippen molar-refractivity contribution in [3.63, 3.8) is 0 Å². The first-order valence-corrected chi connectivity index (χ1v) is 4.09. The second-order valence-electron chi connectivity index (χ2n) is 3.15. The highest BCUT2D eigenvalue weighted by molar-refractivity contribution is 5.79. The fraction of sp³-hybridized carbons (Fsp3) is 0.857. The lowest BCUT2D eigenvalue weighted by atomic mass is 9.95. The molecule has 1 rings (SSSR count). The van der Waals surface area contributed by atoms with Gasteiger partial charge < -0.3 is 30.9 Å². The van der Waals surface area contributed by atoms with Crippen LogP contribution in [0.1, 0.15) is 0 Å². The van der Waals surface area contributed by atoms with E-state index in [-0.39, 0.29) is 0 Å². The first-order valence-electron chi connectivity index (χ1n) is 4.09. The average molecular weight is 207 g/mol. The van der Waals surface area contributed by atoms with Crippen LogP contribution in [0.15, 0.2) is 0 Å². The van der Waals surface area contributed by atoms with E-state index in [2.05, 4.69) is 0 Å². The third-order valence-electron chi connectivity index (χ3n) is 2.17. The summed E-state index contributed by atoms with van der Waals surface area (Å²) >= 11 is 0. The van der Waals surface area contributed by atoms with Crippen LogP contribution in [-0.4, -0.2) is 63.5 Å². The van der Waals surface area contributed by atoms with Crippen LogP contribution in [0.3, 0.4) is 0 Å². The molecule has 0 aromatic carbocycles. The number of ether oxygens (including phenoxy) is 1. The number of aliphatic hydroxyl groups excluding tert-OH is 4. The van der Waals surface area contributed by atoms with Crippen molar-refractivity contribution in [3.8, 4) is 0 Å². The van der Waals surface area contributed by atoms with Crippen LogP contribution in [0.4, 0.5) is 0 Å². The van der Waals surface area contributed by atoms with Crippen LogP contribution in [0, 0.1) is 0 Å². The van der Waals surface area contributed by atoms with Crippen molar-refractivity contribution in [2.24, 2.45) is 5.73 Å². The monoisotopic (exact) mass is 207 g/mol. The summed E-state index contributed by atoms with van der Waals surface area (Å²) in [5, 5.41) is 36.5. The SMILES string of the molecule is NC(=O)[C@@H]1O[C@H](CO)[C@H](O)[C@H](O)[C@H]1O. The number of primary amides is 1. The maximum absolute atomic E-state index is 10.7. The van der Waals surface area contributed by atoms with Gasteiger partial charge in [-0.1, -0.05) is 0 Å². The fourth-order valence-electron chi connectivity index (χ4n) is 1.34. The van der Waals surface area contributed by atoms with Crippen molar-refractivity contribution in [2.45, 2.75) is 30.5 Å². The molecule has 6 N–H and O–H groups in total. The van der Waals surface area contributed by atoms with E-state index in [1.165, 1.54) is 0 Å². The summed E-state index contributed by atoms with van der Waals surface area (Å²) in [6, 6.07) is 0. The van der Waals surface area contributed by atoms with Gasteiger partial charge in [0.05, 0.1) is 6.61 Å². The smallest absolute Gasteiger partial charge is 0.249 e. The molecule has 1 saturated heterocycles. The molecule has 82 valence electrons. The van der Waals surface area contributed by atoms with E-state index >= 15 is 0 Å². The molecule has 1 aliphatic rings. The molecule has 0 unspecified atom stereocenters. The van der Waals surface area contributed by atoms with E-state index in [9.17, 15) is 20.1 Å². The predicted octanol–water partition coefficient (Wildman–Crippen LogP) is -3.69. The van der Waals surface area contributed by atoms with E-state index in [0.717, 1.165) is 0 Å². The molecule has 7 heteroatoms. The number of amides is 1. The zero-order valence-corrected chi connectivity index (χ0v) is 7.28. The summed E-state index contributed by atoms with van der Waals surface area (Å²) in [4.78, 5) is 10.7. The second-order valence-corrected chi connectivity index (χ2v) is 3.15. The Morgan fingerprint density at radius 3 is 2.21 bits per heavy atom. The number of nitrogens with two attached hydrogens (primary N) is 1. The van der Waals surface area contributed by atoms with Crippen LogP contribution in [0.25, 0.3) is 0 Å². The third kappa shape index (κ3) is 1.86. The molecule has 0 radical (unpaired) electrons. The van der Waals surface area contributed by atoms with E-state index in [1.54, 1.807) is 0 Å². The standard InChI is InChI=1S/C7H13NO6/c8-7(13)6-5(12)4(11)3(10)2(1-9)14-6/h2-6,9-12H,1H2,(H2,8,13)/t2-,3+,4+,5-,6-/m1/s1. The lowest BCUT2D eigenvalue weighted by molar-refractivity contribution is -0.225. The van der Waals surface area contributed by atoms with E-state index in [4.69, 9.17) is 15.6 Å². The van der Waals surface area contributed by atoms with Gasteiger partial charge in [-0.05, 0) is 0 Å². The molecule has 1 heterocycles. The Labute approximate surface area is 79.7 Å². The van der Waals surface area contributed by atoms with Gasteiger partial charge in [0.25, 0.3) is 0 Å². The first-order chi connectivity index (χ1) is 6.49. The summed E-state index contributed by atoms with van der Waals surface area (Å²) in [7, 11) is 0. The zero-order valence-electron chi connectivity index (χ0n) is 7.28. The zero-order chi connectivity index (χ0) is 10.9. The average Bonchev–Trinajstić information content (AvgIpc) is 2.14. The van der Waals surface area contributed by atoms with Crippen molar-refractivity contribution >= 4 is 5.91 Å². The minimum Gasteiger partial charge on any atom is -0.394 e. The minimum absolute atomic E-state index is 0.575. The molecule has 0 aliphatic carbocycles.